The molecule has 1 unspecified atom stereocenters. The summed E-state index contributed by atoms with van der Waals surface area (Å²) < 4.78 is 16.9. The lowest BCUT2D eigenvalue weighted by molar-refractivity contribution is -0.167. The molecule has 0 aliphatic heterocycles. The summed E-state index contributed by atoms with van der Waals surface area (Å²) in [6.07, 6.45) is 79.0. The van der Waals surface area contributed by atoms with E-state index >= 15 is 0 Å². The average molecular weight is 1050 g/mol. The van der Waals surface area contributed by atoms with E-state index in [9.17, 15) is 14.4 Å². The first-order valence-corrected chi connectivity index (χ1v) is 33.5. The lowest BCUT2D eigenvalue weighted by Gasteiger charge is -2.18. The fourth-order valence-electron chi connectivity index (χ4n) is 10.2. The van der Waals surface area contributed by atoms with Crippen molar-refractivity contribution >= 4 is 17.9 Å². The van der Waals surface area contributed by atoms with Gasteiger partial charge in [-0.1, -0.05) is 333 Å². The first-order valence-electron chi connectivity index (χ1n) is 33.5. The normalized spacial score (nSPS) is 12.2. The number of esters is 3. The number of hydrogen-bond donors (Lipinski definition) is 0. The number of unbranched alkanes of at least 4 members (excludes halogenated alkanes) is 45. The highest BCUT2D eigenvalue weighted by atomic mass is 16.6. The van der Waals surface area contributed by atoms with Crippen LogP contribution in [-0.4, -0.2) is 37.2 Å². The molecule has 75 heavy (non-hydrogen) atoms. The van der Waals surface area contributed by atoms with E-state index in [-0.39, 0.29) is 31.1 Å². The summed E-state index contributed by atoms with van der Waals surface area (Å²) in [5.41, 5.74) is 0. The first-order chi connectivity index (χ1) is 37.0. The van der Waals surface area contributed by atoms with E-state index in [4.69, 9.17) is 14.2 Å². The quantitative estimate of drug-likeness (QED) is 0.0261. The van der Waals surface area contributed by atoms with Gasteiger partial charge in [-0.05, 0) is 51.4 Å². The molecule has 0 bridgehead atoms. The molecule has 0 aromatic heterocycles. The zero-order chi connectivity index (χ0) is 54.3. The molecular formula is C69H128O6. The Balaban J connectivity index is 4.14. The largest absolute Gasteiger partial charge is 0.462 e. The van der Waals surface area contributed by atoms with Crippen LogP contribution < -0.4 is 0 Å². The Kier molecular flexibility index (Phi) is 62.1. The first kappa shape index (κ1) is 72.6. The molecule has 0 saturated heterocycles. The molecule has 0 aliphatic carbocycles. The molecule has 0 aliphatic rings. The van der Waals surface area contributed by atoms with Gasteiger partial charge in [0, 0.05) is 19.3 Å². The summed E-state index contributed by atoms with van der Waals surface area (Å²) in [5, 5.41) is 0. The average Bonchev–Trinajstić information content (AvgIpc) is 3.41. The second-order valence-electron chi connectivity index (χ2n) is 22.7. The molecule has 0 saturated carbocycles. The van der Waals surface area contributed by atoms with Crippen molar-refractivity contribution in [3.8, 4) is 0 Å². The topological polar surface area (TPSA) is 78.9 Å². The fourth-order valence-corrected chi connectivity index (χ4v) is 10.2. The number of carbonyl (C=O) groups is 3. The minimum absolute atomic E-state index is 0.0762. The maximum Gasteiger partial charge on any atom is 0.306 e. The van der Waals surface area contributed by atoms with Crippen LogP contribution in [0.4, 0.5) is 0 Å². The van der Waals surface area contributed by atoms with Crippen LogP contribution in [0.15, 0.2) is 36.5 Å². The molecule has 0 spiro atoms. The van der Waals surface area contributed by atoms with E-state index < -0.39 is 6.10 Å². The summed E-state index contributed by atoms with van der Waals surface area (Å²) in [7, 11) is 0. The van der Waals surface area contributed by atoms with E-state index in [2.05, 4.69) is 57.2 Å². The smallest absolute Gasteiger partial charge is 0.306 e. The summed E-state index contributed by atoms with van der Waals surface area (Å²) in [6.45, 7) is 6.57. The third-order valence-corrected chi connectivity index (χ3v) is 15.2. The Morgan fingerprint density at radius 1 is 0.280 bits per heavy atom. The van der Waals surface area contributed by atoms with Gasteiger partial charge < -0.3 is 14.2 Å². The number of allylic oxidation sites excluding steroid dienone is 6. The van der Waals surface area contributed by atoms with Gasteiger partial charge in [0.1, 0.15) is 13.2 Å². The molecule has 0 aromatic rings. The summed E-state index contributed by atoms with van der Waals surface area (Å²) in [6, 6.07) is 0. The van der Waals surface area contributed by atoms with Crippen LogP contribution in [0, 0.1) is 0 Å². The predicted molar refractivity (Wildman–Crippen MR) is 326 cm³/mol. The zero-order valence-corrected chi connectivity index (χ0v) is 50.6. The molecule has 0 heterocycles. The monoisotopic (exact) mass is 1050 g/mol. The van der Waals surface area contributed by atoms with Crippen LogP contribution >= 0.6 is 0 Å². The van der Waals surface area contributed by atoms with Crippen molar-refractivity contribution in [2.75, 3.05) is 13.2 Å². The molecule has 0 radical (unpaired) electrons. The minimum atomic E-state index is -0.780. The van der Waals surface area contributed by atoms with Gasteiger partial charge in [0.25, 0.3) is 0 Å². The van der Waals surface area contributed by atoms with E-state index in [1.54, 1.807) is 0 Å². The van der Waals surface area contributed by atoms with Gasteiger partial charge in [0.2, 0.25) is 0 Å². The Morgan fingerprint density at radius 3 is 0.813 bits per heavy atom. The third-order valence-electron chi connectivity index (χ3n) is 15.2. The fraction of sp³-hybridized carbons (Fsp3) is 0.870. The maximum absolute atomic E-state index is 12.9. The molecule has 0 amide bonds. The van der Waals surface area contributed by atoms with Gasteiger partial charge in [-0.2, -0.15) is 0 Å². The van der Waals surface area contributed by atoms with Crippen molar-refractivity contribution in [1.29, 1.82) is 0 Å². The van der Waals surface area contributed by atoms with Crippen LogP contribution in [0.25, 0.3) is 0 Å². The van der Waals surface area contributed by atoms with Crippen LogP contribution in [0.1, 0.15) is 367 Å². The van der Waals surface area contributed by atoms with Crippen LogP contribution in [0.5, 0.6) is 0 Å². The summed E-state index contributed by atoms with van der Waals surface area (Å²) in [5.74, 6) is -0.882. The van der Waals surface area contributed by atoms with Crippen molar-refractivity contribution in [2.24, 2.45) is 0 Å². The molecule has 0 rings (SSSR count). The Hall–Kier alpha value is -2.37. The molecule has 1 atom stereocenters. The van der Waals surface area contributed by atoms with E-state index in [0.717, 1.165) is 83.5 Å². The Morgan fingerprint density at radius 2 is 0.520 bits per heavy atom. The second kappa shape index (κ2) is 64.2. The van der Waals surface area contributed by atoms with Crippen molar-refractivity contribution in [2.45, 2.75) is 374 Å². The SMILES string of the molecule is CC/C=C\C/C=C\C/C=C\CCCCCC(=O)OCC(COC(=O)CCCCCCCCCCCCCCCCCCCCCCCCCCCCCCC)OC(=O)CCCCCCCCCCCCCCCCC. The standard InChI is InChI=1S/C69H128O6/c1-4-7-10-13-16-19-22-25-27-28-29-30-31-32-33-34-35-36-37-38-39-40-42-44-47-50-53-56-59-62-68(71)74-65-66(64-73-67(70)61-58-55-52-49-46-43-24-21-18-15-12-9-6-3)75-69(72)63-60-57-54-51-48-45-41-26-23-20-17-14-11-8-5-2/h9,12,18,21,43,46,66H,4-8,10-11,13-17,19-20,22-42,44-45,47-65H2,1-3H3/b12-9-,21-18-,46-43-. The Bertz CT molecular complexity index is 1250. The summed E-state index contributed by atoms with van der Waals surface area (Å²) >= 11 is 0. The zero-order valence-electron chi connectivity index (χ0n) is 50.6. The van der Waals surface area contributed by atoms with Crippen LogP contribution in [0.3, 0.4) is 0 Å². The highest BCUT2D eigenvalue weighted by Crippen LogP contribution is 2.19. The predicted octanol–water partition coefficient (Wildman–Crippen LogP) is 22.8. The molecule has 440 valence electrons. The second-order valence-corrected chi connectivity index (χ2v) is 22.7. The number of ether oxygens (including phenoxy) is 3. The molecular weight excluding hydrogens is 925 g/mol. The van der Waals surface area contributed by atoms with E-state index in [1.807, 2.05) is 0 Å². The van der Waals surface area contributed by atoms with Gasteiger partial charge >= 0.3 is 17.9 Å². The van der Waals surface area contributed by atoms with Gasteiger partial charge in [0.05, 0.1) is 0 Å². The lowest BCUT2D eigenvalue weighted by Crippen LogP contribution is -2.30. The minimum Gasteiger partial charge on any atom is -0.462 e. The van der Waals surface area contributed by atoms with Gasteiger partial charge in [-0.15, -0.1) is 0 Å². The lowest BCUT2D eigenvalue weighted by atomic mass is 10.0. The van der Waals surface area contributed by atoms with Gasteiger partial charge in [-0.25, -0.2) is 0 Å². The van der Waals surface area contributed by atoms with E-state index in [1.165, 1.54) is 244 Å². The third kappa shape index (κ3) is 62.4. The molecule has 0 aromatic carbocycles. The molecule has 6 heteroatoms. The van der Waals surface area contributed by atoms with Crippen molar-refractivity contribution in [3.63, 3.8) is 0 Å². The number of carbonyl (C=O) groups excluding carboxylic acids is 3. The molecule has 0 N–H and O–H groups in total. The number of hydrogen-bond acceptors (Lipinski definition) is 6. The highest BCUT2D eigenvalue weighted by molar-refractivity contribution is 5.71. The van der Waals surface area contributed by atoms with Gasteiger partial charge in [0.15, 0.2) is 6.10 Å². The van der Waals surface area contributed by atoms with Crippen LogP contribution in [-0.2, 0) is 28.6 Å². The summed E-state index contributed by atoms with van der Waals surface area (Å²) in [4.78, 5) is 38.3. The van der Waals surface area contributed by atoms with Crippen molar-refractivity contribution in [1.82, 2.24) is 0 Å². The highest BCUT2D eigenvalue weighted by Gasteiger charge is 2.19. The molecule has 0 fully saturated rings. The van der Waals surface area contributed by atoms with Crippen molar-refractivity contribution < 1.29 is 28.6 Å². The van der Waals surface area contributed by atoms with Crippen molar-refractivity contribution in [3.05, 3.63) is 36.5 Å². The van der Waals surface area contributed by atoms with E-state index in [0.29, 0.717) is 19.3 Å². The molecule has 6 nitrogen and oxygen atoms in total. The number of rotatable bonds is 62. The van der Waals surface area contributed by atoms with Gasteiger partial charge in [-0.3, -0.25) is 14.4 Å². The van der Waals surface area contributed by atoms with Crippen LogP contribution in [0.2, 0.25) is 0 Å². The Labute approximate surface area is 467 Å². The maximum atomic E-state index is 12.9.